The quantitative estimate of drug-likeness (QED) is 0.462. The highest BCUT2D eigenvalue weighted by Crippen LogP contribution is 2.44. The lowest BCUT2D eigenvalue weighted by Gasteiger charge is -2.39. The van der Waals surface area contributed by atoms with Crippen LogP contribution in [0.3, 0.4) is 0 Å². The number of rotatable bonds is 5. The number of ether oxygens (including phenoxy) is 3. The lowest BCUT2D eigenvalue weighted by molar-refractivity contribution is -0.304. The fourth-order valence-electron chi connectivity index (χ4n) is 4.77. The SMILES string of the molecule is COc1cc(CO[C@@H]2O[C@H](CO)[C@@H](O)[C@H](O)[C@H]2O)c2c(c1C)CCc1c-2ccc(O)c1C. The smallest absolute Gasteiger partial charge is 0.187 e. The highest BCUT2D eigenvalue weighted by atomic mass is 16.7. The number of aliphatic hydroxyl groups is 4. The Balaban J connectivity index is 1.71. The number of hydrogen-bond acceptors (Lipinski definition) is 8. The third-order valence-corrected chi connectivity index (χ3v) is 6.69. The third kappa shape index (κ3) is 3.77. The van der Waals surface area contributed by atoms with E-state index in [0.29, 0.717) is 0 Å². The molecule has 2 aromatic carbocycles. The Morgan fingerprint density at radius 2 is 1.72 bits per heavy atom. The molecule has 1 fully saturated rings. The van der Waals surface area contributed by atoms with Gasteiger partial charge >= 0.3 is 0 Å². The molecule has 2 aliphatic rings. The van der Waals surface area contributed by atoms with Crippen LogP contribution in [0.5, 0.6) is 11.5 Å². The Labute approximate surface area is 186 Å². The predicted octanol–water partition coefficient (Wildman–Crippen LogP) is 1.10. The normalized spacial score (nSPS) is 27.0. The van der Waals surface area contributed by atoms with Crippen molar-refractivity contribution in [3.05, 3.63) is 46.0 Å². The molecular weight excluding hydrogens is 416 g/mol. The van der Waals surface area contributed by atoms with E-state index in [4.69, 9.17) is 14.2 Å². The summed E-state index contributed by atoms with van der Waals surface area (Å²) in [5.41, 5.74) is 6.92. The molecular formula is C24H30O8. The first-order valence-electron chi connectivity index (χ1n) is 10.7. The van der Waals surface area contributed by atoms with Crippen molar-refractivity contribution in [2.45, 2.75) is 64.0 Å². The van der Waals surface area contributed by atoms with Gasteiger partial charge in [-0.25, -0.2) is 0 Å². The summed E-state index contributed by atoms with van der Waals surface area (Å²) in [6.07, 6.45) is -5.10. The van der Waals surface area contributed by atoms with Crippen LogP contribution in [0.1, 0.15) is 27.8 Å². The number of fused-ring (bicyclic) bond motifs is 3. The molecule has 0 bridgehead atoms. The third-order valence-electron chi connectivity index (χ3n) is 6.69. The van der Waals surface area contributed by atoms with Crippen molar-refractivity contribution in [2.75, 3.05) is 13.7 Å². The molecule has 2 aromatic rings. The highest BCUT2D eigenvalue weighted by Gasteiger charge is 2.44. The van der Waals surface area contributed by atoms with Crippen LogP contribution >= 0.6 is 0 Å². The van der Waals surface area contributed by atoms with Crippen LogP contribution in [0.25, 0.3) is 11.1 Å². The van der Waals surface area contributed by atoms with Crippen LogP contribution in [0.4, 0.5) is 0 Å². The summed E-state index contributed by atoms with van der Waals surface area (Å²) in [5, 5.41) is 49.9. The maximum atomic E-state index is 10.3. The summed E-state index contributed by atoms with van der Waals surface area (Å²) in [6.45, 7) is 3.44. The van der Waals surface area contributed by atoms with Crippen molar-refractivity contribution in [1.29, 1.82) is 0 Å². The van der Waals surface area contributed by atoms with Gasteiger partial charge < -0.3 is 39.7 Å². The number of benzene rings is 2. The molecule has 174 valence electrons. The molecule has 0 unspecified atom stereocenters. The summed E-state index contributed by atoms with van der Waals surface area (Å²) in [7, 11) is 1.61. The van der Waals surface area contributed by atoms with E-state index in [2.05, 4.69) is 0 Å². The maximum Gasteiger partial charge on any atom is 0.187 e. The second-order valence-electron chi connectivity index (χ2n) is 8.46. The molecule has 32 heavy (non-hydrogen) atoms. The first-order chi connectivity index (χ1) is 15.3. The van der Waals surface area contributed by atoms with Gasteiger partial charge in [-0.15, -0.1) is 0 Å². The fraction of sp³-hybridized carbons (Fsp3) is 0.500. The van der Waals surface area contributed by atoms with Crippen molar-refractivity contribution in [3.8, 4) is 22.6 Å². The molecule has 8 nitrogen and oxygen atoms in total. The van der Waals surface area contributed by atoms with Crippen molar-refractivity contribution in [3.63, 3.8) is 0 Å². The fourth-order valence-corrected chi connectivity index (χ4v) is 4.77. The van der Waals surface area contributed by atoms with Gasteiger partial charge in [0.1, 0.15) is 35.9 Å². The minimum atomic E-state index is -1.50. The number of aliphatic hydroxyl groups excluding tert-OH is 4. The number of methoxy groups -OCH3 is 1. The Kier molecular flexibility index (Phi) is 6.44. The van der Waals surface area contributed by atoms with Gasteiger partial charge in [0, 0.05) is 0 Å². The van der Waals surface area contributed by atoms with E-state index in [0.717, 1.165) is 57.5 Å². The van der Waals surface area contributed by atoms with E-state index < -0.39 is 37.3 Å². The lowest BCUT2D eigenvalue weighted by Crippen LogP contribution is -2.59. The number of phenols is 1. The number of aromatic hydroxyl groups is 1. The van der Waals surface area contributed by atoms with E-state index >= 15 is 0 Å². The van der Waals surface area contributed by atoms with Crippen LogP contribution < -0.4 is 4.74 Å². The van der Waals surface area contributed by atoms with Crippen LogP contribution in [0.2, 0.25) is 0 Å². The van der Waals surface area contributed by atoms with Gasteiger partial charge in [-0.3, -0.25) is 0 Å². The van der Waals surface area contributed by atoms with Crippen molar-refractivity contribution >= 4 is 0 Å². The molecule has 4 rings (SSSR count). The molecule has 1 aliphatic heterocycles. The Morgan fingerprint density at radius 1 is 1.00 bits per heavy atom. The molecule has 1 saturated heterocycles. The van der Waals surface area contributed by atoms with Gasteiger partial charge in [-0.05, 0) is 77.8 Å². The summed E-state index contributed by atoms with van der Waals surface area (Å²) in [4.78, 5) is 0. The number of hydrogen-bond donors (Lipinski definition) is 5. The molecule has 0 radical (unpaired) electrons. The van der Waals surface area contributed by atoms with Crippen LogP contribution in [-0.4, -0.2) is 70.0 Å². The molecule has 0 amide bonds. The largest absolute Gasteiger partial charge is 0.508 e. The Hall–Kier alpha value is -2.20. The average Bonchev–Trinajstić information content (AvgIpc) is 2.80. The molecule has 8 heteroatoms. The molecule has 5 N–H and O–H groups in total. The molecule has 5 atom stereocenters. The van der Waals surface area contributed by atoms with Gasteiger partial charge in [0.25, 0.3) is 0 Å². The zero-order valence-corrected chi connectivity index (χ0v) is 18.4. The minimum Gasteiger partial charge on any atom is -0.508 e. The van der Waals surface area contributed by atoms with E-state index in [1.807, 2.05) is 26.0 Å². The first kappa shape index (κ1) is 23.0. The maximum absolute atomic E-state index is 10.3. The zero-order valence-electron chi connectivity index (χ0n) is 18.4. The van der Waals surface area contributed by atoms with E-state index in [1.54, 1.807) is 13.2 Å². The molecule has 0 spiro atoms. The Morgan fingerprint density at radius 3 is 2.41 bits per heavy atom. The van der Waals surface area contributed by atoms with E-state index in [1.165, 1.54) is 0 Å². The summed E-state index contributed by atoms with van der Waals surface area (Å²) in [5.74, 6) is 0.978. The second-order valence-corrected chi connectivity index (χ2v) is 8.46. The molecule has 0 aromatic heterocycles. The lowest BCUT2D eigenvalue weighted by atomic mass is 9.79. The summed E-state index contributed by atoms with van der Waals surface area (Å²) < 4.78 is 16.9. The molecule has 1 heterocycles. The first-order valence-corrected chi connectivity index (χ1v) is 10.7. The van der Waals surface area contributed by atoms with Crippen molar-refractivity contribution in [1.82, 2.24) is 0 Å². The van der Waals surface area contributed by atoms with Gasteiger partial charge in [0.2, 0.25) is 0 Å². The zero-order chi connectivity index (χ0) is 23.2. The Bertz CT molecular complexity index is 1000. The average molecular weight is 446 g/mol. The summed E-state index contributed by atoms with van der Waals surface area (Å²) >= 11 is 0. The predicted molar refractivity (Wildman–Crippen MR) is 116 cm³/mol. The topological polar surface area (TPSA) is 129 Å². The van der Waals surface area contributed by atoms with Gasteiger partial charge in [0.05, 0.1) is 20.3 Å². The van der Waals surface area contributed by atoms with Crippen LogP contribution in [0, 0.1) is 13.8 Å². The minimum absolute atomic E-state index is 0.0427. The van der Waals surface area contributed by atoms with Crippen LogP contribution in [-0.2, 0) is 28.9 Å². The number of phenolic OH excluding ortho intramolecular Hbond substituents is 1. The van der Waals surface area contributed by atoms with E-state index in [-0.39, 0.29) is 12.4 Å². The highest BCUT2D eigenvalue weighted by molar-refractivity contribution is 5.80. The van der Waals surface area contributed by atoms with Gasteiger partial charge in [-0.1, -0.05) is 6.07 Å². The van der Waals surface area contributed by atoms with Gasteiger partial charge in [-0.2, -0.15) is 0 Å². The monoisotopic (exact) mass is 446 g/mol. The van der Waals surface area contributed by atoms with E-state index in [9.17, 15) is 25.5 Å². The van der Waals surface area contributed by atoms with Crippen molar-refractivity contribution in [2.24, 2.45) is 0 Å². The molecule has 1 aliphatic carbocycles. The summed E-state index contributed by atoms with van der Waals surface area (Å²) in [6, 6.07) is 5.47. The van der Waals surface area contributed by atoms with Crippen molar-refractivity contribution < 1.29 is 39.7 Å². The standard InChI is InChI=1S/C24H30O8/c1-11-14-4-5-15-12(2)18(30-3)8-13(20(15)16(14)6-7-17(11)26)10-31-24-23(29)22(28)21(27)19(9-25)32-24/h6-8,19,21-29H,4-5,9-10H2,1-3H3/t19-,21-,22+,23-,24-/m1/s1. The van der Waals surface area contributed by atoms with Gasteiger partial charge in [0.15, 0.2) is 6.29 Å². The van der Waals surface area contributed by atoms with Crippen LogP contribution in [0.15, 0.2) is 18.2 Å². The molecule has 0 saturated carbocycles. The second kappa shape index (κ2) is 8.97.